The van der Waals surface area contributed by atoms with Gasteiger partial charge in [0.1, 0.15) is 23.1 Å². The van der Waals surface area contributed by atoms with Gasteiger partial charge >= 0.3 is 0 Å². The molecule has 0 spiro atoms. The molecule has 1 aromatic carbocycles. The van der Waals surface area contributed by atoms with Crippen molar-refractivity contribution in [1.29, 1.82) is 0 Å². The molecule has 144 valence electrons. The summed E-state index contributed by atoms with van der Waals surface area (Å²) in [6.07, 6.45) is 5.55. The summed E-state index contributed by atoms with van der Waals surface area (Å²) in [7, 11) is 0. The Morgan fingerprint density at radius 1 is 1.11 bits per heavy atom. The fraction of sp³-hybridized carbons (Fsp3) is 0.400. The molecule has 0 aliphatic rings. The Morgan fingerprint density at radius 3 is 2.48 bits per heavy atom. The molecular weight excluding hydrogens is 350 g/mol. The van der Waals surface area contributed by atoms with Crippen molar-refractivity contribution in [3.8, 4) is 5.69 Å². The number of nitrogens with zero attached hydrogens (tertiary/aromatic N) is 3. The van der Waals surface area contributed by atoms with Crippen molar-refractivity contribution in [3.63, 3.8) is 0 Å². The van der Waals surface area contributed by atoms with Crippen molar-refractivity contribution in [2.75, 3.05) is 0 Å². The van der Waals surface area contributed by atoms with Gasteiger partial charge in [0.2, 0.25) is 0 Å². The highest BCUT2D eigenvalue weighted by Gasteiger charge is 2.30. The summed E-state index contributed by atoms with van der Waals surface area (Å²) in [6, 6.07) is 3.68. The van der Waals surface area contributed by atoms with Gasteiger partial charge in [0, 0.05) is 42.3 Å². The second kappa shape index (κ2) is 6.88. The first-order valence-electron chi connectivity index (χ1n) is 8.80. The van der Waals surface area contributed by atoms with Gasteiger partial charge in [-0.2, -0.15) is 5.10 Å². The summed E-state index contributed by atoms with van der Waals surface area (Å²) in [5, 5.41) is 14.7. The number of aliphatic hydroxyl groups is 1. The SMILES string of the molecule is CC(C)(C)Cc1cnc(CC(C)(O)c2cc(F)c(-n3cccn3)cc2F)[nH]1. The van der Waals surface area contributed by atoms with Gasteiger partial charge in [-0.05, 0) is 30.9 Å². The number of nitrogens with one attached hydrogen (secondary N) is 1. The van der Waals surface area contributed by atoms with E-state index >= 15 is 0 Å². The highest BCUT2D eigenvalue weighted by Crippen LogP contribution is 2.30. The van der Waals surface area contributed by atoms with Gasteiger partial charge < -0.3 is 10.1 Å². The second-order valence-electron chi connectivity index (χ2n) is 8.28. The van der Waals surface area contributed by atoms with Crippen LogP contribution in [0.25, 0.3) is 5.69 Å². The Hall–Kier alpha value is -2.54. The van der Waals surface area contributed by atoms with E-state index in [1.54, 1.807) is 12.3 Å². The Kier molecular flexibility index (Phi) is 4.90. The fourth-order valence-corrected chi connectivity index (χ4v) is 3.11. The molecule has 7 heteroatoms. The van der Waals surface area contributed by atoms with Gasteiger partial charge in [-0.3, -0.25) is 0 Å². The van der Waals surface area contributed by atoms with Crippen molar-refractivity contribution >= 4 is 0 Å². The van der Waals surface area contributed by atoms with Crippen LogP contribution < -0.4 is 0 Å². The van der Waals surface area contributed by atoms with E-state index in [0.29, 0.717) is 5.82 Å². The zero-order valence-electron chi connectivity index (χ0n) is 15.9. The van der Waals surface area contributed by atoms with Gasteiger partial charge in [-0.1, -0.05) is 20.8 Å². The summed E-state index contributed by atoms with van der Waals surface area (Å²) in [5.41, 5.74) is -0.727. The van der Waals surface area contributed by atoms with E-state index in [0.717, 1.165) is 24.2 Å². The van der Waals surface area contributed by atoms with Crippen molar-refractivity contribution < 1.29 is 13.9 Å². The maximum absolute atomic E-state index is 14.6. The summed E-state index contributed by atoms with van der Waals surface area (Å²) >= 11 is 0. The Bertz CT molecular complexity index is 924. The molecular formula is C20H24F2N4O. The maximum atomic E-state index is 14.6. The summed E-state index contributed by atoms with van der Waals surface area (Å²) in [6.45, 7) is 7.79. The number of imidazole rings is 1. The van der Waals surface area contributed by atoms with Crippen LogP contribution in [0.1, 0.15) is 44.8 Å². The Morgan fingerprint density at radius 2 is 1.85 bits per heavy atom. The molecule has 0 saturated heterocycles. The van der Waals surface area contributed by atoms with Crippen LogP contribution in [0.15, 0.2) is 36.8 Å². The number of H-pyrrole nitrogens is 1. The van der Waals surface area contributed by atoms with Crippen molar-refractivity contribution in [2.45, 2.75) is 46.1 Å². The van der Waals surface area contributed by atoms with E-state index in [9.17, 15) is 13.9 Å². The predicted molar refractivity (Wildman–Crippen MR) is 98.5 cm³/mol. The lowest BCUT2D eigenvalue weighted by atomic mass is 9.90. The number of hydrogen-bond donors (Lipinski definition) is 2. The van der Waals surface area contributed by atoms with Gasteiger partial charge in [-0.15, -0.1) is 0 Å². The highest BCUT2D eigenvalue weighted by atomic mass is 19.1. The molecule has 0 aliphatic heterocycles. The van der Waals surface area contributed by atoms with Crippen molar-refractivity contribution in [1.82, 2.24) is 19.7 Å². The molecule has 2 heterocycles. The molecule has 1 atom stereocenters. The maximum Gasteiger partial charge on any atom is 0.149 e. The van der Waals surface area contributed by atoms with Crippen LogP contribution in [0.5, 0.6) is 0 Å². The topological polar surface area (TPSA) is 66.7 Å². The summed E-state index contributed by atoms with van der Waals surface area (Å²) < 4.78 is 30.4. The minimum Gasteiger partial charge on any atom is -0.385 e. The highest BCUT2D eigenvalue weighted by molar-refractivity contribution is 5.39. The molecule has 0 radical (unpaired) electrons. The molecule has 3 rings (SSSR count). The Labute approximate surface area is 157 Å². The van der Waals surface area contributed by atoms with Crippen LogP contribution in [0.2, 0.25) is 0 Å². The molecule has 27 heavy (non-hydrogen) atoms. The smallest absolute Gasteiger partial charge is 0.149 e. The van der Waals surface area contributed by atoms with Crippen LogP contribution in [0.4, 0.5) is 8.78 Å². The van der Waals surface area contributed by atoms with Crippen LogP contribution in [0.3, 0.4) is 0 Å². The normalized spacial score (nSPS) is 14.3. The van der Waals surface area contributed by atoms with E-state index in [2.05, 4.69) is 35.8 Å². The zero-order chi connectivity index (χ0) is 19.8. The van der Waals surface area contributed by atoms with Crippen LogP contribution in [-0.2, 0) is 18.4 Å². The first-order chi connectivity index (χ1) is 12.5. The number of halogens is 2. The zero-order valence-corrected chi connectivity index (χ0v) is 15.9. The third-order valence-corrected chi connectivity index (χ3v) is 4.28. The van der Waals surface area contributed by atoms with E-state index in [-0.39, 0.29) is 23.1 Å². The second-order valence-corrected chi connectivity index (χ2v) is 8.28. The van der Waals surface area contributed by atoms with Crippen LogP contribution in [-0.4, -0.2) is 24.9 Å². The number of aromatic nitrogens is 4. The molecule has 1 unspecified atom stereocenters. The lowest BCUT2D eigenvalue weighted by Crippen LogP contribution is -2.27. The largest absolute Gasteiger partial charge is 0.385 e. The standard InChI is InChI=1S/C20H24F2N4O/c1-19(2,3)10-13-12-23-18(25-13)11-20(4,27)14-8-16(22)17(9-15(14)21)26-7-5-6-24-26/h5-9,12,27H,10-11H2,1-4H3,(H,23,25). The molecule has 0 fully saturated rings. The lowest BCUT2D eigenvalue weighted by Gasteiger charge is -2.24. The molecule has 5 nitrogen and oxygen atoms in total. The third kappa shape index (κ3) is 4.42. The fourth-order valence-electron chi connectivity index (χ4n) is 3.11. The monoisotopic (exact) mass is 374 g/mol. The lowest BCUT2D eigenvalue weighted by molar-refractivity contribution is 0.0515. The van der Waals surface area contributed by atoms with Crippen LogP contribution in [0, 0.1) is 17.0 Å². The number of rotatable bonds is 5. The van der Waals surface area contributed by atoms with E-state index in [4.69, 9.17) is 0 Å². The molecule has 3 aromatic rings. The summed E-state index contributed by atoms with van der Waals surface area (Å²) in [4.78, 5) is 7.44. The molecule has 0 bridgehead atoms. The van der Waals surface area contributed by atoms with Crippen molar-refractivity contribution in [3.05, 3.63) is 65.5 Å². The average molecular weight is 374 g/mol. The molecule has 0 saturated carbocycles. The minimum absolute atomic E-state index is 0.0116. The van der Waals surface area contributed by atoms with E-state index in [1.165, 1.54) is 24.0 Å². The van der Waals surface area contributed by atoms with E-state index < -0.39 is 17.2 Å². The van der Waals surface area contributed by atoms with E-state index in [1.807, 2.05) is 0 Å². The van der Waals surface area contributed by atoms with Crippen molar-refractivity contribution in [2.24, 2.45) is 5.41 Å². The van der Waals surface area contributed by atoms with Gasteiger partial charge in [-0.25, -0.2) is 18.4 Å². The molecule has 2 N–H and O–H groups in total. The first-order valence-corrected chi connectivity index (χ1v) is 8.80. The first kappa shape index (κ1) is 19.2. The third-order valence-electron chi connectivity index (χ3n) is 4.28. The minimum atomic E-state index is -1.62. The number of benzene rings is 1. The average Bonchev–Trinajstić information content (AvgIpc) is 3.19. The predicted octanol–water partition coefficient (Wildman–Crippen LogP) is 3.91. The molecule has 0 aliphatic carbocycles. The number of aromatic amines is 1. The van der Waals surface area contributed by atoms with Gasteiger partial charge in [0.25, 0.3) is 0 Å². The molecule has 0 amide bonds. The quantitative estimate of drug-likeness (QED) is 0.711. The number of hydrogen-bond acceptors (Lipinski definition) is 3. The van der Waals surface area contributed by atoms with Gasteiger partial charge in [0.15, 0.2) is 0 Å². The molecule has 2 aromatic heterocycles. The Balaban J connectivity index is 1.86. The van der Waals surface area contributed by atoms with Gasteiger partial charge in [0.05, 0.1) is 5.60 Å². The van der Waals surface area contributed by atoms with Crippen LogP contribution >= 0.6 is 0 Å². The summed E-state index contributed by atoms with van der Waals surface area (Å²) in [5.74, 6) is -0.841.